The molecule has 0 fully saturated rings. The first-order valence-corrected chi connectivity index (χ1v) is 7.86. The van der Waals surface area contributed by atoms with Crippen molar-refractivity contribution in [1.82, 2.24) is 0 Å². The Morgan fingerprint density at radius 3 is 2.62 bits per heavy atom. The molecule has 0 radical (unpaired) electrons. The van der Waals surface area contributed by atoms with Crippen LogP contribution in [0.15, 0.2) is 24.3 Å². The van der Waals surface area contributed by atoms with E-state index in [1.165, 1.54) is 18.2 Å². The molecular weight excluding hydrogens is 303 g/mol. The van der Waals surface area contributed by atoms with Crippen molar-refractivity contribution in [3.05, 3.63) is 39.9 Å². The van der Waals surface area contributed by atoms with E-state index < -0.39 is 36.3 Å². The van der Waals surface area contributed by atoms with E-state index in [9.17, 15) is 29.5 Å². The van der Waals surface area contributed by atoms with Crippen LogP contribution in [0.4, 0.5) is 5.69 Å². The first-order chi connectivity index (χ1) is 9.65. The number of carboxylic acid groups (broad SMARTS) is 1. The Hall–Kier alpha value is -1.80. The zero-order valence-corrected chi connectivity index (χ0v) is 11.8. The fourth-order valence-electron chi connectivity index (χ4n) is 1.62. The Kier molecular flexibility index (Phi) is 5.56. The normalized spacial score (nSPS) is 16.7. The van der Waals surface area contributed by atoms with Crippen LogP contribution in [-0.2, 0) is 9.36 Å². The van der Waals surface area contributed by atoms with Crippen molar-refractivity contribution in [2.24, 2.45) is 0 Å². The van der Waals surface area contributed by atoms with Gasteiger partial charge in [0.15, 0.2) is 11.9 Å². The van der Waals surface area contributed by atoms with E-state index in [1.54, 1.807) is 0 Å². The van der Waals surface area contributed by atoms with E-state index in [0.717, 1.165) is 6.07 Å². The zero-order chi connectivity index (χ0) is 16.2. The molecule has 0 saturated carbocycles. The lowest BCUT2D eigenvalue weighted by atomic mass is 10.2. The van der Waals surface area contributed by atoms with Gasteiger partial charge in [-0.15, -0.1) is 0 Å². The summed E-state index contributed by atoms with van der Waals surface area (Å²) in [6.45, 7) is 0. The smallest absolute Gasteiger partial charge is 0.362 e. The van der Waals surface area contributed by atoms with Crippen LogP contribution in [0.1, 0.15) is 17.8 Å². The molecule has 1 rings (SSSR count). The van der Waals surface area contributed by atoms with E-state index in [-0.39, 0.29) is 17.7 Å². The van der Waals surface area contributed by atoms with Crippen LogP contribution >= 0.6 is 7.37 Å². The second-order valence-corrected chi connectivity index (χ2v) is 6.98. The molecule has 0 spiro atoms. The molecule has 9 nitrogen and oxygen atoms in total. The molecule has 3 unspecified atom stereocenters. The van der Waals surface area contributed by atoms with E-state index in [2.05, 4.69) is 5.73 Å². The summed E-state index contributed by atoms with van der Waals surface area (Å²) in [5.74, 6) is -3.02. The van der Waals surface area contributed by atoms with Crippen LogP contribution in [-0.4, -0.2) is 38.2 Å². The predicted molar refractivity (Wildman–Crippen MR) is 71.7 cm³/mol. The van der Waals surface area contributed by atoms with Crippen LogP contribution in [0.5, 0.6) is 0 Å². The number of rotatable bonds is 7. The van der Waals surface area contributed by atoms with Gasteiger partial charge in [0.05, 0.1) is 4.92 Å². The van der Waals surface area contributed by atoms with Gasteiger partial charge in [-0.05, 0) is 5.56 Å². The third-order valence-electron chi connectivity index (χ3n) is 2.91. The Balaban J connectivity index is 2.87. The third kappa shape index (κ3) is 4.61. The summed E-state index contributed by atoms with van der Waals surface area (Å²) in [6, 6.07) is 3.71. The Morgan fingerprint density at radius 2 is 2.10 bits per heavy atom. The lowest BCUT2D eigenvalue weighted by molar-refractivity contribution is -0.407. The highest BCUT2D eigenvalue weighted by atomic mass is 31.2. The zero-order valence-electron chi connectivity index (χ0n) is 11.0. The van der Waals surface area contributed by atoms with E-state index >= 15 is 0 Å². The van der Waals surface area contributed by atoms with Gasteiger partial charge in [-0.2, -0.15) is 0 Å². The first-order valence-electron chi connectivity index (χ1n) is 5.95. The molecule has 1 aromatic carbocycles. The van der Waals surface area contributed by atoms with Gasteiger partial charge < -0.3 is 20.8 Å². The van der Waals surface area contributed by atoms with Crippen molar-refractivity contribution in [2.75, 3.05) is 6.16 Å². The van der Waals surface area contributed by atoms with Gasteiger partial charge in [-0.3, -0.25) is 14.7 Å². The predicted octanol–water partition coefficient (Wildman–Crippen LogP) is -0.0587. The first kappa shape index (κ1) is 17.3. The standard InChI is InChI=1S/C11H15N2O7P/c12-9(10(14)15)4-5-21(19,20)11(16)7-2-1-3-8(6-7)13(17)18/h1-3,6,9,11,16H,4-5,12H2,(H,14,15)(H,19,20)/p+1. The number of quaternary nitrogens is 1. The van der Waals surface area contributed by atoms with Gasteiger partial charge in [-0.1, -0.05) is 12.1 Å². The molecule has 116 valence electrons. The monoisotopic (exact) mass is 319 g/mol. The highest BCUT2D eigenvalue weighted by Crippen LogP contribution is 2.54. The molecule has 1 aromatic rings. The number of aliphatic carboxylic acids is 1. The summed E-state index contributed by atoms with van der Waals surface area (Å²) in [5.41, 5.74) is 2.93. The Labute approximate surface area is 119 Å². The van der Waals surface area contributed by atoms with Crippen molar-refractivity contribution in [3.8, 4) is 0 Å². The number of nitrogens with zero attached hydrogens (tertiary/aromatic N) is 1. The fourth-order valence-corrected chi connectivity index (χ4v) is 3.17. The maximum Gasteiger partial charge on any atom is 0.362 e. The number of non-ortho nitro benzene ring substituents is 1. The summed E-state index contributed by atoms with van der Waals surface area (Å²) >= 11 is 0. The summed E-state index contributed by atoms with van der Waals surface area (Å²) in [6.07, 6.45) is -0.633. The Morgan fingerprint density at radius 1 is 1.48 bits per heavy atom. The minimum Gasteiger partial charge on any atom is -0.477 e. The maximum absolute atomic E-state index is 12.0. The molecule has 0 bridgehead atoms. The van der Waals surface area contributed by atoms with Crippen molar-refractivity contribution < 1.29 is 35.1 Å². The molecule has 3 atom stereocenters. The third-order valence-corrected chi connectivity index (χ3v) is 4.87. The summed E-state index contributed by atoms with van der Waals surface area (Å²) < 4.78 is 12.0. The number of nitro benzene ring substituents is 1. The number of aliphatic hydroxyl groups excluding tert-OH is 1. The number of nitro groups is 1. The van der Waals surface area contributed by atoms with Crippen molar-refractivity contribution in [1.29, 1.82) is 0 Å². The number of benzene rings is 1. The molecular formula is C11H16N2O7P+. The fraction of sp³-hybridized carbons (Fsp3) is 0.364. The Bertz CT molecular complexity index is 592. The lowest BCUT2D eigenvalue weighted by Gasteiger charge is -2.18. The van der Waals surface area contributed by atoms with Gasteiger partial charge >= 0.3 is 5.97 Å². The van der Waals surface area contributed by atoms with Gasteiger partial charge in [0, 0.05) is 24.7 Å². The molecule has 0 heterocycles. The number of hydrogen-bond acceptors (Lipinski definition) is 5. The van der Waals surface area contributed by atoms with Crippen LogP contribution in [0.2, 0.25) is 0 Å². The number of carbonyl (C=O) groups is 1. The molecule has 0 amide bonds. The molecule has 0 aromatic heterocycles. The second kappa shape index (κ2) is 6.77. The number of carboxylic acids is 1. The van der Waals surface area contributed by atoms with Crippen molar-refractivity contribution in [2.45, 2.75) is 18.3 Å². The lowest BCUT2D eigenvalue weighted by Crippen LogP contribution is -2.65. The molecule has 0 saturated heterocycles. The van der Waals surface area contributed by atoms with Gasteiger partial charge in [0.25, 0.3) is 5.69 Å². The highest BCUT2D eigenvalue weighted by molar-refractivity contribution is 7.58. The molecule has 0 aliphatic rings. The van der Waals surface area contributed by atoms with Gasteiger partial charge in [0.1, 0.15) is 0 Å². The van der Waals surface area contributed by atoms with E-state index in [1.807, 2.05) is 0 Å². The quantitative estimate of drug-likeness (QED) is 0.310. The van der Waals surface area contributed by atoms with Crippen LogP contribution in [0.25, 0.3) is 0 Å². The minimum absolute atomic E-state index is 0.0639. The van der Waals surface area contributed by atoms with E-state index in [4.69, 9.17) is 5.11 Å². The molecule has 10 heteroatoms. The van der Waals surface area contributed by atoms with Crippen molar-refractivity contribution >= 4 is 19.0 Å². The summed E-state index contributed by atoms with van der Waals surface area (Å²) in [7, 11) is -4.12. The highest BCUT2D eigenvalue weighted by Gasteiger charge is 2.33. The average Bonchev–Trinajstić information content (AvgIpc) is 2.43. The molecule has 0 aliphatic carbocycles. The second-order valence-electron chi connectivity index (χ2n) is 4.53. The van der Waals surface area contributed by atoms with Crippen LogP contribution in [0.3, 0.4) is 0 Å². The molecule has 0 aliphatic heterocycles. The summed E-state index contributed by atoms with van der Waals surface area (Å²) in [5, 5.41) is 29.2. The SMILES string of the molecule is [NH3+]C(CCP(=O)(O)C(O)c1cccc([N+](=O)[O-])c1)C(=O)O. The maximum atomic E-state index is 12.0. The number of aliphatic hydroxyl groups is 1. The topological polar surface area (TPSA) is 166 Å². The number of hydrogen-bond donors (Lipinski definition) is 4. The molecule has 21 heavy (non-hydrogen) atoms. The van der Waals surface area contributed by atoms with Crippen LogP contribution < -0.4 is 5.73 Å². The van der Waals surface area contributed by atoms with Crippen LogP contribution in [0, 0.1) is 10.1 Å². The van der Waals surface area contributed by atoms with E-state index in [0.29, 0.717) is 0 Å². The average molecular weight is 319 g/mol. The summed E-state index contributed by atoms with van der Waals surface area (Å²) in [4.78, 5) is 30.4. The largest absolute Gasteiger partial charge is 0.477 e. The van der Waals surface area contributed by atoms with Gasteiger partial charge in [-0.25, -0.2) is 4.79 Å². The van der Waals surface area contributed by atoms with Gasteiger partial charge in [0.2, 0.25) is 7.37 Å². The van der Waals surface area contributed by atoms with Crippen molar-refractivity contribution in [3.63, 3.8) is 0 Å². The molecule has 6 N–H and O–H groups in total. The minimum atomic E-state index is -4.12.